The van der Waals surface area contributed by atoms with Crippen LogP contribution in [0.5, 0.6) is 0 Å². The predicted octanol–water partition coefficient (Wildman–Crippen LogP) is 2.53. The number of aromatic nitrogens is 3. The summed E-state index contributed by atoms with van der Waals surface area (Å²) in [6.07, 6.45) is 1.33. The minimum Gasteiger partial charge on any atom is -0.290 e. The quantitative estimate of drug-likeness (QED) is 0.580. The lowest BCUT2D eigenvalue weighted by atomic mass is 10.0. The molecule has 0 fully saturated rings. The van der Waals surface area contributed by atoms with Crippen molar-refractivity contribution in [3.63, 3.8) is 0 Å². The molecule has 2 aromatic heterocycles. The molecule has 0 aliphatic carbocycles. The Labute approximate surface area is 124 Å². The Hall–Kier alpha value is -2.60. The third-order valence-electron chi connectivity index (χ3n) is 3.01. The Balaban J connectivity index is 1.82. The van der Waals surface area contributed by atoms with Crippen molar-refractivity contribution < 1.29 is 9.59 Å². The number of aromatic amines is 1. The van der Waals surface area contributed by atoms with Crippen LogP contribution in [0.1, 0.15) is 16.2 Å². The maximum absolute atomic E-state index is 12.1. The SMILES string of the molecule is O=C(Cc1ccsc1-c1ccccc1)C(=O)c1nc[nH]n1. The van der Waals surface area contributed by atoms with Crippen LogP contribution < -0.4 is 0 Å². The van der Waals surface area contributed by atoms with Gasteiger partial charge in [-0.2, -0.15) is 0 Å². The van der Waals surface area contributed by atoms with E-state index in [9.17, 15) is 9.59 Å². The van der Waals surface area contributed by atoms with Crippen LogP contribution in [0.4, 0.5) is 0 Å². The molecule has 0 aliphatic heterocycles. The molecule has 0 aliphatic rings. The van der Waals surface area contributed by atoms with E-state index in [2.05, 4.69) is 15.2 Å². The number of nitrogens with one attached hydrogen (secondary N) is 1. The molecule has 6 heteroatoms. The van der Waals surface area contributed by atoms with Crippen LogP contribution in [0.25, 0.3) is 10.4 Å². The van der Waals surface area contributed by atoms with E-state index >= 15 is 0 Å². The number of hydrogen-bond donors (Lipinski definition) is 1. The zero-order valence-corrected chi connectivity index (χ0v) is 11.8. The molecule has 0 saturated heterocycles. The van der Waals surface area contributed by atoms with Crippen LogP contribution in [0.15, 0.2) is 48.1 Å². The second-order valence-corrected chi connectivity index (χ2v) is 5.31. The molecule has 1 N–H and O–H groups in total. The van der Waals surface area contributed by atoms with Gasteiger partial charge in [0.25, 0.3) is 5.78 Å². The van der Waals surface area contributed by atoms with Crippen molar-refractivity contribution in [2.45, 2.75) is 6.42 Å². The Morgan fingerprint density at radius 2 is 1.95 bits per heavy atom. The molecule has 0 unspecified atom stereocenters. The maximum atomic E-state index is 12.1. The van der Waals surface area contributed by atoms with Gasteiger partial charge >= 0.3 is 0 Å². The molecule has 0 spiro atoms. The highest BCUT2D eigenvalue weighted by Gasteiger charge is 2.21. The Morgan fingerprint density at radius 3 is 2.67 bits per heavy atom. The number of hydrogen-bond acceptors (Lipinski definition) is 5. The van der Waals surface area contributed by atoms with E-state index in [4.69, 9.17) is 0 Å². The number of nitrogens with zero attached hydrogens (tertiary/aromatic N) is 2. The third kappa shape index (κ3) is 2.80. The molecule has 0 amide bonds. The molecule has 5 nitrogen and oxygen atoms in total. The van der Waals surface area contributed by atoms with Crippen LogP contribution in [-0.4, -0.2) is 26.7 Å². The second kappa shape index (κ2) is 5.80. The third-order valence-corrected chi connectivity index (χ3v) is 4.01. The first kappa shape index (κ1) is 13.4. The molecule has 0 atom stereocenters. The van der Waals surface area contributed by atoms with Crippen molar-refractivity contribution in [3.8, 4) is 10.4 Å². The largest absolute Gasteiger partial charge is 0.290 e. The molecular formula is C15H11N3O2S. The molecule has 0 saturated carbocycles. The molecule has 3 rings (SSSR count). The normalized spacial score (nSPS) is 10.5. The highest BCUT2D eigenvalue weighted by atomic mass is 32.1. The summed E-state index contributed by atoms with van der Waals surface area (Å²) in [6.45, 7) is 0. The monoisotopic (exact) mass is 297 g/mol. The number of thiophene rings is 1. The summed E-state index contributed by atoms with van der Waals surface area (Å²) in [6, 6.07) is 11.7. The van der Waals surface area contributed by atoms with Crippen molar-refractivity contribution in [1.82, 2.24) is 15.2 Å². The summed E-state index contributed by atoms with van der Waals surface area (Å²) in [5.41, 5.74) is 1.89. The van der Waals surface area contributed by atoms with Crippen LogP contribution in [0.3, 0.4) is 0 Å². The van der Waals surface area contributed by atoms with Crippen molar-refractivity contribution in [2.75, 3.05) is 0 Å². The zero-order valence-electron chi connectivity index (χ0n) is 10.9. The average molecular weight is 297 g/mol. The van der Waals surface area contributed by atoms with Crippen LogP contribution in [-0.2, 0) is 11.2 Å². The van der Waals surface area contributed by atoms with E-state index in [0.717, 1.165) is 16.0 Å². The highest BCUT2D eigenvalue weighted by Crippen LogP contribution is 2.29. The first-order valence-electron chi connectivity index (χ1n) is 6.31. The molecule has 0 bridgehead atoms. The summed E-state index contributed by atoms with van der Waals surface area (Å²) in [5.74, 6) is -1.26. The topological polar surface area (TPSA) is 75.7 Å². The van der Waals surface area contributed by atoms with E-state index in [1.807, 2.05) is 41.8 Å². The Bertz CT molecular complexity index is 763. The molecule has 2 heterocycles. The smallest absolute Gasteiger partial charge is 0.267 e. The van der Waals surface area contributed by atoms with Gasteiger partial charge in [-0.15, -0.1) is 16.4 Å². The number of carbonyl (C=O) groups is 2. The summed E-state index contributed by atoms with van der Waals surface area (Å²) in [5, 5.41) is 7.99. The fourth-order valence-corrected chi connectivity index (χ4v) is 2.95. The number of carbonyl (C=O) groups excluding carboxylic acids is 2. The lowest BCUT2D eigenvalue weighted by Crippen LogP contribution is -2.18. The maximum Gasteiger partial charge on any atom is 0.267 e. The fraction of sp³-hybridized carbons (Fsp3) is 0.0667. The molecular weight excluding hydrogens is 286 g/mol. The minimum absolute atomic E-state index is 0.0566. The molecule has 21 heavy (non-hydrogen) atoms. The summed E-state index contributed by atoms with van der Waals surface area (Å²) < 4.78 is 0. The van der Waals surface area contributed by atoms with Crippen molar-refractivity contribution in [1.29, 1.82) is 0 Å². The van der Waals surface area contributed by atoms with Gasteiger partial charge in [0.05, 0.1) is 0 Å². The van der Waals surface area contributed by atoms with Gasteiger partial charge in [0, 0.05) is 11.3 Å². The number of H-pyrrole nitrogens is 1. The standard InChI is InChI=1S/C15H11N3O2S/c19-12(13(20)15-16-9-17-18-15)8-11-6-7-21-14(11)10-4-2-1-3-5-10/h1-7,9H,8H2,(H,16,17,18). The lowest BCUT2D eigenvalue weighted by Gasteiger charge is -2.02. The summed E-state index contributed by atoms with van der Waals surface area (Å²) in [7, 11) is 0. The Morgan fingerprint density at radius 1 is 1.14 bits per heavy atom. The van der Waals surface area contributed by atoms with E-state index in [0.29, 0.717) is 0 Å². The molecule has 3 aromatic rings. The van der Waals surface area contributed by atoms with Crippen LogP contribution >= 0.6 is 11.3 Å². The molecule has 0 radical (unpaired) electrons. The second-order valence-electron chi connectivity index (χ2n) is 4.39. The average Bonchev–Trinajstić information content (AvgIpc) is 3.19. The fourth-order valence-electron chi connectivity index (χ4n) is 2.01. The van der Waals surface area contributed by atoms with Crippen LogP contribution in [0, 0.1) is 0 Å². The minimum atomic E-state index is -0.665. The van der Waals surface area contributed by atoms with Gasteiger partial charge in [0.2, 0.25) is 11.6 Å². The zero-order chi connectivity index (χ0) is 14.7. The van der Waals surface area contributed by atoms with Gasteiger partial charge in [-0.25, -0.2) is 4.98 Å². The first-order chi connectivity index (χ1) is 10.3. The van der Waals surface area contributed by atoms with E-state index in [-0.39, 0.29) is 12.2 Å². The van der Waals surface area contributed by atoms with Gasteiger partial charge in [0.1, 0.15) is 6.33 Å². The van der Waals surface area contributed by atoms with Crippen molar-refractivity contribution in [2.24, 2.45) is 0 Å². The summed E-state index contributed by atoms with van der Waals surface area (Å²) in [4.78, 5) is 28.7. The van der Waals surface area contributed by atoms with Gasteiger partial charge in [-0.3, -0.25) is 14.7 Å². The summed E-state index contributed by atoms with van der Waals surface area (Å²) >= 11 is 1.55. The van der Waals surface area contributed by atoms with E-state index < -0.39 is 11.6 Å². The molecule has 1 aromatic carbocycles. The number of Topliss-reactive ketones (excluding diaryl/α,β-unsaturated/α-hetero) is 2. The number of benzene rings is 1. The van der Waals surface area contributed by atoms with Crippen LogP contribution in [0.2, 0.25) is 0 Å². The van der Waals surface area contributed by atoms with E-state index in [1.54, 1.807) is 11.3 Å². The van der Waals surface area contributed by atoms with Crippen molar-refractivity contribution >= 4 is 22.9 Å². The first-order valence-corrected chi connectivity index (χ1v) is 7.19. The molecule has 104 valence electrons. The lowest BCUT2D eigenvalue weighted by molar-refractivity contribution is -0.114. The Kier molecular flexibility index (Phi) is 3.70. The predicted molar refractivity (Wildman–Crippen MR) is 79.2 cm³/mol. The van der Waals surface area contributed by atoms with Gasteiger partial charge in [0.15, 0.2) is 0 Å². The van der Waals surface area contributed by atoms with Crippen molar-refractivity contribution in [3.05, 3.63) is 59.5 Å². The number of rotatable bonds is 5. The van der Waals surface area contributed by atoms with Gasteiger partial charge in [-0.05, 0) is 22.6 Å². The van der Waals surface area contributed by atoms with Gasteiger partial charge < -0.3 is 0 Å². The van der Waals surface area contributed by atoms with E-state index in [1.165, 1.54) is 6.33 Å². The van der Waals surface area contributed by atoms with Gasteiger partial charge in [-0.1, -0.05) is 30.3 Å². The highest BCUT2D eigenvalue weighted by molar-refractivity contribution is 7.13. The number of ketones is 2.